The highest BCUT2D eigenvalue weighted by Crippen LogP contribution is 2.18. The molecule has 0 bridgehead atoms. The van der Waals surface area contributed by atoms with Gasteiger partial charge in [0.05, 0.1) is 6.61 Å². The number of hydrogen-bond acceptors (Lipinski definition) is 3. The standard InChI is InChI=1S/C17H26N4O2.HI/c1-20(2)16(22)12-19-17(18-9-11-23-3)21-10-8-14-6-4-5-7-15(14)13-21;/h4-7H,8-13H2,1-3H3,(H,18,19);1H. The third-order valence-corrected chi connectivity index (χ3v) is 3.88. The zero-order valence-electron chi connectivity index (χ0n) is 14.6. The van der Waals surface area contributed by atoms with Gasteiger partial charge in [-0.3, -0.25) is 4.79 Å². The number of carbonyl (C=O) groups excluding carboxylic acids is 1. The number of likely N-dealkylation sites (N-methyl/N-ethyl adjacent to an activating group) is 1. The van der Waals surface area contributed by atoms with Gasteiger partial charge in [-0.25, -0.2) is 4.99 Å². The number of amides is 1. The molecule has 2 rings (SSSR count). The average Bonchev–Trinajstić information content (AvgIpc) is 2.57. The lowest BCUT2D eigenvalue weighted by Gasteiger charge is -2.32. The zero-order valence-corrected chi connectivity index (χ0v) is 16.9. The Kier molecular flexibility index (Phi) is 9.05. The van der Waals surface area contributed by atoms with Gasteiger partial charge >= 0.3 is 0 Å². The van der Waals surface area contributed by atoms with Crippen LogP contribution in [0.3, 0.4) is 0 Å². The average molecular weight is 446 g/mol. The fraction of sp³-hybridized carbons (Fsp3) is 0.529. The van der Waals surface area contributed by atoms with Gasteiger partial charge in [0.25, 0.3) is 0 Å². The zero-order chi connectivity index (χ0) is 16.7. The highest BCUT2D eigenvalue weighted by Gasteiger charge is 2.19. The summed E-state index contributed by atoms with van der Waals surface area (Å²) < 4.78 is 5.09. The molecule has 134 valence electrons. The quantitative estimate of drug-likeness (QED) is 0.321. The first-order valence-corrected chi connectivity index (χ1v) is 7.91. The maximum atomic E-state index is 11.8. The summed E-state index contributed by atoms with van der Waals surface area (Å²) in [6.45, 7) is 3.13. The number of nitrogens with one attached hydrogen (secondary N) is 1. The smallest absolute Gasteiger partial charge is 0.243 e. The molecule has 1 aromatic rings. The monoisotopic (exact) mass is 446 g/mol. The summed E-state index contributed by atoms with van der Waals surface area (Å²) in [7, 11) is 5.16. The molecule has 24 heavy (non-hydrogen) atoms. The summed E-state index contributed by atoms with van der Waals surface area (Å²) in [5, 5.41) is 3.30. The second-order valence-corrected chi connectivity index (χ2v) is 5.79. The summed E-state index contributed by atoms with van der Waals surface area (Å²) in [4.78, 5) is 20.1. The van der Waals surface area contributed by atoms with Crippen LogP contribution in [-0.2, 0) is 22.5 Å². The molecule has 0 atom stereocenters. The van der Waals surface area contributed by atoms with E-state index in [2.05, 4.69) is 39.5 Å². The van der Waals surface area contributed by atoms with Gasteiger partial charge in [0, 0.05) is 40.8 Å². The molecule has 1 amide bonds. The number of aliphatic imine (C=N–C) groups is 1. The summed E-state index contributed by atoms with van der Waals surface area (Å²) in [6, 6.07) is 8.47. The molecule has 0 aromatic heterocycles. The van der Waals surface area contributed by atoms with Gasteiger partial charge in [-0.15, -0.1) is 24.0 Å². The van der Waals surface area contributed by atoms with Crippen molar-refractivity contribution in [2.24, 2.45) is 4.99 Å². The maximum Gasteiger partial charge on any atom is 0.243 e. The Labute approximate surface area is 161 Å². The van der Waals surface area contributed by atoms with Crippen LogP contribution in [0.1, 0.15) is 11.1 Å². The van der Waals surface area contributed by atoms with Gasteiger partial charge in [0.1, 0.15) is 6.54 Å². The van der Waals surface area contributed by atoms with E-state index in [9.17, 15) is 4.79 Å². The molecule has 1 N–H and O–H groups in total. The summed E-state index contributed by atoms with van der Waals surface area (Å²) in [6.07, 6.45) is 0.989. The minimum atomic E-state index is -0.00606. The molecule has 6 nitrogen and oxygen atoms in total. The predicted octanol–water partition coefficient (Wildman–Crippen LogP) is 1.34. The molecule has 1 aliphatic rings. The number of guanidine groups is 1. The minimum Gasteiger partial charge on any atom is -0.383 e. The van der Waals surface area contributed by atoms with Crippen molar-refractivity contribution in [2.45, 2.75) is 13.0 Å². The van der Waals surface area contributed by atoms with Gasteiger partial charge in [-0.1, -0.05) is 24.3 Å². The van der Waals surface area contributed by atoms with E-state index < -0.39 is 0 Å². The van der Waals surface area contributed by atoms with Crippen molar-refractivity contribution >= 4 is 35.8 Å². The van der Waals surface area contributed by atoms with E-state index in [0.717, 1.165) is 25.5 Å². The van der Waals surface area contributed by atoms with E-state index in [1.807, 2.05) is 0 Å². The molecule has 1 heterocycles. The Morgan fingerprint density at radius 3 is 2.71 bits per heavy atom. The van der Waals surface area contributed by atoms with Crippen LogP contribution >= 0.6 is 24.0 Å². The highest BCUT2D eigenvalue weighted by molar-refractivity contribution is 14.0. The molecule has 0 fully saturated rings. The lowest BCUT2D eigenvalue weighted by Crippen LogP contribution is -2.45. The molecular formula is C17H27IN4O2. The first-order chi connectivity index (χ1) is 11.1. The highest BCUT2D eigenvalue weighted by atomic mass is 127. The first-order valence-electron chi connectivity index (χ1n) is 7.91. The van der Waals surface area contributed by atoms with Crippen LogP contribution in [0.15, 0.2) is 29.3 Å². The number of halogens is 1. The number of fused-ring (bicyclic) bond motifs is 1. The molecule has 0 spiro atoms. The summed E-state index contributed by atoms with van der Waals surface area (Å²) in [5.41, 5.74) is 2.71. The van der Waals surface area contributed by atoms with Crippen LogP contribution in [0, 0.1) is 0 Å². The minimum absolute atomic E-state index is 0. The van der Waals surface area contributed by atoms with Gasteiger partial charge in [0.15, 0.2) is 5.96 Å². The fourth-order valence-electron chi connectivity index (χ4n) is 2.49. The Bertz CT molecular complexity index is 563. The van der Waals surface area contributed by atoms with Crippen LogP contribution in [0.5, 0.6) is 0 Å². The maximum absolute atomic E-state index is 11.8. The Morgan fingerprint density at radius 1 is 1.33 bits per heavy atom. The topological polar surface area (TPSA) is 57.2 Å². The van der Waals surface area contributed by atoms with Crippen molar-refractivity contribution in [3.63, 3.8) is 0 Å². The number of hydrogen-bond donors (Lipinski definition) is 1. The van der Waals surface area contributed by atoms with E-state index in [1.54, 1.807) is 26.1 Å². The second-order valence-electron chi connectivity index (χ2n) is 5.79. The Balaban J connectivity index is 0.00000288. The van der Waals surface area contributed by atoms with Crippen molar-refractivity contribution in [1.29, 1.82) is 0 Å². The van der Waals surface area contributed by atoms with Gasteiger partial charge in [-0.05, 0) is 17.5 Å². The molecule has 0 aliphatic carbocycles. The third-order valence-electron chi connectivity index (χ3n) is 3.88. The van der Waals surface area contributed by atoms with E-state index in [4.69, 9.17) is 4.74 Å². The molecule has 7 heteroatoms. The molecule has 0 radical (unpaired) electrons. The molecular weight excluding hydrogens is 419 g/mol. The van der Waals surface area contributed by atoms with Crippen LogP contribution in [0.25, 0.3) is 0 Å². The van der Waals surface area contributed by atoms with E-state index >= 15 is 0 Å². The Hall–Kier alpha value is -1.35. The normalized spacial score (nSPS) is 13.8. The van der Waals surface area contributed by atoms with E-state index in [0.29, 0.717) is 13.2 Å². The van der Waals surface area contributed by atoms with Crippen LogP contribution in [0.2, 0.25) is 0 Å². The van der Waals surface area contributed by atoms with Crippen molar-refractivity contribution < 1.29 is 9.53 Å². The van der Waals surface area contributed by atoms with Crippen molar-refractivity contribution in [3.05, 3.63) is 35.4 Å². The van der Waals surface area contributed by atoms with Gasteiger partial charge < -0.3 is 19.9 Å². The SMILES string of the molecule is COCCNC(=NCC(=O)N(C)C)N1CCc2ccccc2C1.I. The number of ether oxygens (including phenoxy) is 1. The van der Waals surface area contributed by atoms with Gasteiger partial charge in [0.2, 0.25) is 5.91 Å². The van der Waals surface area contributed by atoms with Gasteiger partial charge in [-0.2, -0.15) is 0 Å². The van der Waals surface area contributed by atoms with Crippen LogP contribution in [-0.4, -0.2) is 69.1 Å². The number of carbonyl (C=O) groups is 1. The van der Waals surface area contributed by atoms with Crippen molar-refractivity contribution in [2.75, 3.05) is 47.4 Å². The van der Waals surface area contributed by atoms with Crippen molar-refractivity contribution in [3.8, 4) is 0 Å². The second kappa shape index (κ2) is 10.5. The number of rotatable bonds is 5. The molecule has 1 aliphatic heterocycles. The van der Waals surface area contributed by atoms with E-state index in [1.165, 1.54) is 11.1 Å². The molecule has 0 saturated heterocycles. The lowest BCUT2D eigenvalue weighted by molar-refractivity contribution is -0.127. The molecule has 0 unspecified atom stereocenters. The summed E-state index contributed by atoms with van der Waals surface area (Å²) in [5.74, 6) is 0.764. The van der Waals surface area contributed by atoms with Crippen LogP contribution < -0.4 is 5.32 Å². The molecule has 0 saturated carbocycles. The fourth-order valence-corrected chi connectivity index (χ4v) is 2.49. The van der Waals surface area contributed by atoms with Crippen molar-refractivity contribution in [1.82, 2.24) is 15.1 Å². The number of benzene rings is 1. The molecule has 1 aromatic carbocycles. The largest absolute Gasteiger partial charge is 0.383 e. The van der Waals surface area contributed by atoms with E-state index in [-0.39, 0.29) is 36.4 Å². The first kappa shape index (κ1) is 20.7. The summed E-state index contributed by atoms with van der Waals surface area (Å²) >= 11 is 0. The number of nitrogens with zero attached hydrogens (tertiary/aromatic N) is 3. The number of methoxy groups -OCH3 is 1. The van der Waals surface area contributed by atoms with Crippen LogP contribution in [0.4, 0.5) is 0 Å². The Morgan fingerprint density at radius 2 is 2.04 bits per heavy atom. The third kappa shape index (κ3) is 5.94. The predicted molar refractivity (Wildman–Crippen MR) is 107 cm³/mol. The lowest BCUT2D eigenvalue weighted by atomic mass is 10.0.